The van der Waals surface area contributed by atoms with E-state index in [1.54, 1.807) is 24.3 Å². The van der Waals surface area contributed by atoms with Crippen molar-refractivity contribution in [1.82, 2.24) is 15.0 Å². The molecule has 1 atom stereocenters. The maximum Gasteiger partial charge on any atom is 0.317 e. The van der Waals surface area contributed by atoms with Crippen molar-refractivity contribution in [3.8, 4) is 11.4 Å². The van der Waals surface area contributed by atoms with Gasteiger partial charge in [0.15, 0.2) is 13.4 Å². The Balaban J connectivity index is 1.84. The quantitative estimate of drug-likeness (QED) is 0.219. The summed E-state index contributed by atoms with van der Waals surface area (Å²) in [6.45, 7) is 0. The molecule has 1 N–H and O–H groups in total. The van der Waals surface area contributed by atoms with Crippen LogP contribution in [0, 0.1) is 0 Å². The summed E-state index contributed by atoms with van der Waals surface area (Å²) in [5, 5.41) is 9.02. The molecule has 0 spiro atoms. The number of carboxylic acids is 1. The minimum Gasteiger partial charge on any atom is -0.480 e. The molecule has 0 bridgehead atoms. The number of rotatable bonds is 8. The Bertz CT molecular complexity index is 1090. The second-order valence-electron chi connectivity index (χ2n) is 7.23. The van der Waals surface area contributed by atoms with Crippen LogP contribution < -0.4 is 0 Å². The van der Waals surface area contributed by atoms with Crippen molar-refractivity contribution < 1.29 is 9.90 Å². The highest BCUT2D eigenvalue weighted by Gasteiger charge is 2.26. The first-order valence-corrected chi connectivity index (χ1v) is 12.9. The Morgan fingerprint density at radius 3 is 1.82 bits per heavy atom. The van der Waals surface area contributed by atoms with Crippen molar-refractivity contribution in [3.63, 3.8) is 0 Å². The van der Waals surface area contributed by atoms with Gasteiger partial charge < -0.3 is 5.11 Å². The molecule has 5 nitrogen and oxygen atoms in total. The topological polar surface area (TPSA) is 76.0 Å². The molecule has 1 aromatic heterocycles. The van der Waals surface area contributed by atoms with Crippen molar-refractivity contribution >= 4 is 87.3 Å². The number of thioether (sulfide) groups is 1. The van der Waals surface area contributed by atoms with Gasteiger partial charge in [0.1, 0.15) is 16.9 Å². The van der Waals surface area contributed by atoms with Crippen LogP contribution in [0.1, 0.15) is 17.2 Å². The average Bonchev–Trinajstić information content (AvgIpc) is 2.72. The maximum atomic E-state index is 11.8. The zero-order chi connectivity index (χ0) is 24.9. The summed E-state index contributed by atoms with van der Waals surface area (Å²) in [5.41, 5.74) is 1.60. The number of carboxylic acid groups (broad SMARTS) is 1. The van der Waals surface area contributed by atoms with E-state index in [1.807, 2.05) is 30.3 Å². The SMILES string of the molecule is O=C(O)C(Cc1ccccc1)Sc1ccc(-c2nc(CC(Cl)(Cl)Cl)nc(CC(Cl)(Cl)Cl)n2)cc1. The van der Waals surface area contributed by atoms with Crippen molar-refractivity contribution in [2.45, 2.75) is 37.0 Å². The largest absolute Gasteiger partial charge is 0.480 e. The van der Waals surface area contributed by atoms with Gasteiger partial charge >= 0.3 is 5.97 Å². The number of nitrogens with zero attached hydrogens (tertiary/aromatic N) is 3. The fraction of sp³-hybridized carbons (Fsp3) is 0.273. The molecule has 0 amide bonds. The lowest BCUT2D eigenvalue weighted by atomic mass is 10.1. The van der Waals surface area contributed by atoms with Gasteiger partial charge in [0.25, 0.3) is 0 Å². The minimum atomic E-state index is -1.61. The first-order valence-electron chi connectivity index (χ1n) is 9.79. The van der Waals surface area contributed by atoms with Gasteiger partial charge in [-0.2, -0.15) is 0 Å². The summed E-state index contributed by atoms with van der Waals surface area (Å²) in [7, 11) is 0. The van der Waals surface area contributed by atoms with Crippen LogP contribution in [0.15, 0.2) is 59.5 Å². The van der Waals surface area contributed by atoms with Crippen molar-refractivity contribution in [2.24, 2.45) is 0 Å². The fourth-order valence-corrected chi connectivity index (χ4v) is 4.68. The van der Waals surface area contributed by atoms with E-state index >= 15 is 0 Å². The van der Waals surface area contributed by atoms with Gasteiger partial charge in [0.2, 0.25) is 0 Å². The molecule has 0 saturated carbocycles. The van der Waals surface area contributed by atoms with Crippen LogP contribution in [0.4, 0.5) is 0 Å². The Morgan fingerprint density at radius 1 is 0.824 bits per heavy atom. The number of benzene rings is 2. The summed E-state index contributed by atoms with van der Waals surface area (Å²) in [6, 6.07) is 16.6. The number of hydrogen-bond acceptors (Lipinski definition) is 5. The molecule has 0 aliphatic carbocycles. The molecule has 180 valence electrons. The standard InChI is InChI=1S/C22H17Cl6N3O2S/c23-21(24,25)11-17-29-18(12-22(26,27)28)31-19(30-17)14-6-8-15(9-7-14)34-16(20(32)33)10-13-4-2-1-3-5-13/h1-9,16H,10-12H2,(H,32,33). The number of carbonyl (C=O) groups is 1. The van der Waals surface area contributed by atoms with E-state index in [2.05, 4.69) is 15.0 Å². The monoisotopic (exact) mass is 597 g/mol. The summed E-state index contributed by atoms with van der Waals surface area (Å²) in [6.07, 6.45) is 0.276. The predicted octanol–water partition coefficient (Wildman–Crippen LogP) is 7.15. The van der Waals surface area contributed by atoms with Crippen LogP contribution in [0.5, 0.6) is 0 Å². The molecule has 34 heavy (non-hydrogen) atoms. The van der Waals surface area contributed by atoms with E-state index in [0.717, 1.165) is 10.5 Å². The molecule has 3 rings (SSSR count). The van der Waals surface area contributed by atoms with Gasteiger partial charge in [0.05, 0.1) is 12.8 Å². The number of aliphatic carboxylic acids is 1. The number of halogens is 6. The Kier molecular flexibility index (Phi) is 9.60. The van der Waals surface area contributed by atoms with Gasteiger partial charge in [-0.1, -0.05) is 112 Å². The van der Waals surface area contributed by atoms with Gasteiger partial charge in [0, 0.05) is 10.5 Å². The van der Waals surface area contributed by atoms with Crippen molar-refractivity contribution in [1.29, 1.82) is 0 Å². The van der Waals surface area contributed by atoms with Gasteiger partial charge in [-0.3, -0.25) is 4.79 Å². The minimum absolute atomic E-state index is 0.0617. The molecule has 0 saturated heterocycles. The van der Waals surface area contributed by atoms with E-state index in [9.17, 15) is 9.90 Å². The number of aromatic nitrogens is 3. The third kappa shape index (κ3) is 9.23. The molecule has 12 heteroatoms. The molecule has 1 unspecified atom stereocenters. The van der Waals surface area contributed by atoms with Gasteiger partial charge in [-0.15, -0.1) is 11.8 Å². The lowest BCUT2D eigenvalue weighted by Crippen LogP contribution is -2.19. The van der Waals surface area contributed by atoms with Gasteiger partial charge in [-0.05, 0) is 24.1 Å². The second-order valence-corrected chi connectivity index (χ2v) is 13.5. The number of hydrogen-bond donors (Lipinski definition) is 1. The van der Waals surface area contributed by atoms with E-state index in [4.69, 9.17) is 69.6 Å². The molecule has 0 aliphatic heterocycles. The third-order valence-electron chi connectivity index (χ3n) is 4.38. The molecule has 0 radical (unpaired) electrons. The third-order valence-corrected chi connectivity index (χ3v) is 6.37. The molecule has 2 aromatic carbocycles. The van der Waals surface area contributed by atoms with Gasteiger partial charge in [-0.25, -0.2) is 15.0 Å². The van der Waals surface area contributed by atoms with Crippen molar-refractivity contribution in [3.05, 3.63) is 71.8 Å². The van der Waals surface area contributed by atoms with E-state index in [-0.39, 0.29) is 24.5 Å². The van der Waals surface area contributed by atoms with Crippen LogP contribution in [-0.2, 0) is 24.1 Å². The molecular weight excluding hydrogens is 583 g/mol. The molecule has 0 fully saturated rings. The zero-order valence-corrected chi connectivity index (χ0v) is 22.6. The molecule has 0 aliphatic rings. The second kappa shape index (κ2) is 11.8. The van der Waals surface area contributed by atoms with Crippen LogP contribution in [0.2, 0.25) is 0 Å². The molecular formula is C22H17Cl6N3O2S. The van der Waals surface area contributed by atoms with Crippen molar-refractivity contribution in [2.75, 3.05) is 0 Å². The highest BCUT2D eigenvalue weighted by Crippen LogP contribution is 2.33. The predicted molar refractivity (Wildman–Crippen MR) is 141 cm³/mol. The number of alkyl halides is 6. The summed E-state index contributed by atoms with van der Waals surface area (Å²) < 4.78 is -3.22. The zero-order valence-electron chi connectivity index (χ0n) is 17.3. The fourth-order valence-electron chi connectivity index (χ4n) is 2.97. The van der Waals surface area contributed by atoms with Crippen LogP contribution in [0.3, 0.4) is 0 Å². The highest BCUT2D eigenvalue weighted by molar-refractivity contribution is 8.00. The van der Waals surface area contributed by atoms with E-state index < -0.39 is 18.8 Å². The first-order chi connectivity index (χ1) is 15.9. The summed E-state index contributed by atoms with van der Waals surface area (Å²) in [5.74, 6) is -0.0924. The molecule has 1 heterocycles. The molecule has 3 aromatic rings. The van der Waals surface area contributed by atoms with Crippen LogP contribution >= 0.6 is 81.4 Å². The van der Waals surface area contributed by atoms with E-state index in [0.29, 0.717) is 17.8 Å². The average molecular weight is 600 g/mol. The Hall–Kier alpha value is -0.990. The summed E-state index contributed by atoms with van der Waals surface area (Å²) >= 11 is 36.7. The van der Waals surface area contributed by atoms with E-state index in [1.165, 1.54) is 11.8 Å². The lowest BCUT2D eigenvalue weighted by Gasteiger charge is -2.14. The maximum absolute atomic E-state index is 11.8. The Labute approximate surface area is 231 Å². The highest BCUT2D eigenvalue weighted by atomic mass is 35.6. The summed E-state index contributed by atoms with van der Waals surface area (Å²) in [4.78, 5) is 25.6. The van der Waals surface area contributed by atoms with Crippen LogP contribution in [0.25, 0.3) is 11.4 Å². The Morgan fingerprint density at radius 2 is 1.35 bits per heavy atom. The van der Waals surface area contributed by atoms with Crippen LogP contribution in [-0.4, -0.2) is 38.9 Å². The lowest BCUT2D eigenvalue weighted by molar-refractivity contribution is -0.136. The normalized spacial score (nSPS) is 13.0. The first kappa shape index (κ1) is 27.6. The smallest absolute Gasteiger partial charge is 0.317 e.